The second-order valence-electron chi connectivity index (χ2n) is 5.80. The summed E-state index contributed by atoms with van der Waals surface area (Å²) in [6.45, 7) is 3.71. The Bertz CT molecular complexity index is 670. The molecule has 1 aromatic rings. The van der Waals surface area contributed by atoms with Gasteiger partial charge in [-0.15, -0.1) is 0 Å². The summed E-state index contributed by atoms with van der Waals surface area (Å²) < 4.78 is 10.4. The number of nitrogens with zero attached hydrogens (tertiary/aromatic N) is 3. The van der Waals surface area contributed by atoms with E-state index in [9.17, 15) is 14.4 Å². The number of benzene rings is 1. The minimum absolute atomic E-state index is 0.0292. The second-order valence-corrected chi connectivity index (χ2v) is 5.80. The molecule has 1 fully saturated rings. The van der Waals surface area contributed by atoms with Crippen LogP contribution in [-0.2, 0) is 14.3 Å². The summed E-state index contributed by atoms with van der Waals surface area (Å²) in [4.78, 5) is 41.1. The lowest BCUT2D eigenvalue weighted by molar-refractivity contribution is -0.133. The van der Waals surface area contributed by atoms with E-state index in [2.05, 4.69) is 0 Å². The molecule has 0 aromatic heterocycles. The van der Waals surface area contributed by atoms with E-state index in [0.29, 0.717) is 44.2 Å². The maximum Gasteiger partial charge on any atom is 0.409 e. The van der Waals surface area contributed by atoms with Crippen molar-refractivity contribution in [2.75, 3.05) is 50.8 Å². The monoisotopic (exact) mass is 347 g/mol. The first kappa shape index (κ1) is 17.1. The summed E-state index contributed by atoms with van der Waals surface area (Å²) in [5.41, 5.74) is 0.609. The molecule has 134 valence electrons. The summed E-state index contributed by atoms with van der Waals surface area (Å²) in [7, 11) is 0. The van der Waals surface area contributed by atoms with Gasteiger partial charge in [-0.25, -0.2) is 4.79 Å². The smallest absolute Gasteiger partial charge is 0.409 e. The predicted molar refractivity (Wildman–Crippen MR) is 89.5 cm³/mol. The molecule has 0 atom stereocenters. The number of para-hydroxylation sites is 2. The van der Waals surface area contributed by atoms with Crippen LogP contribution >= 0.6 is 0 Å². The fraction of sp³-hybridized carbons (Fsp3) is 0.471. The van der Waals surface area contributed by atoms with E-state index < -0.39 is 0 Å². The van der Waals surface area contributed by atoms with E-state index in [4.69, 9.17) is 9.47 Å². The highest BCUT2D eigenvalue weighted by molar-refractivity contribution is 6.02. The molecule has 0 unspecified atom stereocenters. The third-order valence-electron chi connectivity index (χ3n) is 4.26. The largest absolute Gasteiger partial charge is 0.482 e. The molecule has 2 aliphatic rings. The average Bonchev–Trinajstić information content (AvgIpc) is 2.64. The molecule has 0 saturated carbocycles. The first-order valence-corrected chi connectivity index (χ1v) is 8.32. The minimum Gasteiger partial charge on any atom is -0.482 e. The van der Waals surface area contributed by atoms with E-state index in [0.717, 1.165) is 0 Å². The SMILES string of the molecule is CCOC(=O)N1CCN(C(=O)CN2C(=O)COc3ccccc32)CC1. The van der Waals surface area contributed by atoms with Crippen LogP contribution in [0.4, 0.5) is 10.5 Å². The summed E-state index contributed by atoms with van der Waals surface area (Å²) in [5.74, 6) is 0.216. The summed E-state index contributed by atoms with van der Waals surface area (Å²) >= 11 is 0. The fourth-order valence-corrected chi connectivity index (χ4v) is 2.92. The van der Waals surface area contributed by atoms with E-state index in [1.165, 1.54) is 4.90 Å². The molecular formula is C17H21N3O5. The minimum atomic E-state index is -0.355. The lowest BCUT2D eigenvalue weighted by atomic mass is 10.2. The number of anilines is 1. The van der Waals surface area contributed by atoms with Crippen LogP contribution in [0.2, 0.25) is 0 Å². The molecule has 3 rings (SSSR count). The van der Waals surface area contributed by atoms with Crippen molar-refractivity contribution in [1.29, 1.82) is 0 Å². The van der Waals surface area contributed by atoms with Gasteiger partial charge in [-0.2, -0.15) is 0 Å². The molecule has 0 aliphatic carbocycles. The molecular weight excluding hydrogens is 326 g/mol. The van der Waals surface area contributed by atoms with Gasteiger partial charge in [0.1, 0.15) is 12.3 Å². The highest BCUT2D eigenvalue weighted by Crippen LogP contribution is 2.31. The van der Waals surface area contributed by atoms with Crippen molar-refractivity contribution in [2.24, 2.45) is 0 Å². The second kappa shape index (κ2) is 7.42. The molecule has 8 nitrogen and oxygen atoms in total. The van der Waals surface area contributed by atoms with Gasteiger partial charge < -0.3 is 19.3 Å². The molecule has 3 amide bonds. The van der Waals surface area contributed by atoms with Crippen LogP contribution in [0.15, 0.2) is 24.3 Å². The van der Waals surface area contributed by atoms with Crippen LogP contribution in [0, 0.1) is 0 Å². The summed E-state index contributed by atoms with van der Waals surface area (Å²) in [6, 6.07) is 7.16. The molecule has 1 aromatic carbocycles. The molecule has 1 saturated heterocycles. The number of fused-ring (bicyclic) bond motifs is 1. The van der Waals surface area contributed by atoms with E-state index in [-0.39, 0.29) is 31.1 Å². The van der Waals surface area contributed by atoms with Crippen molar-refractivity contribution in [2.45, 2.75) is 6.92 Å². The molecule has 2 heterocycles. The number of carbonyl (C=O) groups is 3. The molecule has 0 N–H and O–H groups in total. The Morgan fingerprint density at radius 2 is 1.80 bits per heavy atom. The highest BCUT2D eigenvalue weighted by atomic mass is 16.6. The number of rotatable bonds is 3. The topological polar surface area (TPSA) is 79.4 Å². The van der Waals surface area contributed by atoms with Gasteiger partial charge in [0, 0.05) is 26.2 Å². The number of piperazine rings is 1. The molecule has 0 spiro atoms. The first-order chi connectivity index (χ1) is 12.1. The highest BCUT2D eigenvalue weighted by Gasteiger charge is 2.30. The maximum absolute atomic E-state index is 12.6. The van der Waals surface area contributed by atoms with Gasteiger partial charge in [0.25, 0.3) is 5.91 Å². The lowest BCUT2D eigenvalue weighted by Crippen LogP contribution is -2.54. The number of amides is 3. The Balaban J connectivity index is 1.60. The van der Waals surface area contributed by atoms with Gasteiger partial charge in [0.2, 0.25) is 5.91 Å². The van der Waals surface area contributed by atoms with Crippen LogP contribution in [0.1, 0.15) is 6.92 Å². The Kier molecular flexibility index (Phi) is 5.06. The summed E-state index contributed by atoms with van der Waals surface area (Å²) in [6.07, 6.45) is -0.355. The lowest BCUT2D eigenvalue weighted by Gasteiger charge is -2.36. The molecule has 25 heavy (non-hydrogen) atoms. The van der Waals surface area contributed by atoms with Crippen LogP contribution in [0.5, 0.6) is 5.75 Å². The zero-order valence-electron chi connectivity index (χ0n) is 14.1. The molecule has 8 heteroatoms. The van der Waals surface area contributed by atoms with Gasteiger partial charge in [-0.05, 0) is 19.1 Å². The first-order valence-electron chi connectivity index (χ1n) is 8.32. The number of ether oxygens (including phenoxy) is 2. The zero-order valence-corrected chi connectivity index (χ0v) is 14.1. The van der Waals surface area contributed by atoms with Gasteiger partial charge in [0.05, 0.1) is 12.3 Å². The third kappa shape index (κ3) is 3.67. The van der Waals surface area contributed by atoms with Gasteiger partial charge >= 0.3 is 6.09 Å². The van der Waals surface area contributed by atoms with Crippen LogP contribution in [0.3, 0.4) is 0 Å². The number of carbonyl (C=O) groups excluding carboxylic acids is 3. The number of hydrogen-bond acceptors (Lipinski definition) is 5. The zero-order chi connectivity index (χ0) is 17.8. The molecule has 0 radical (unpaired) electrons. The van der Waals surface area contributed by atoms with Crippen molar-refractivity contribution in [3.05, 3.63) is 24.3 Å². The van der Waals surface area contributed by atoms with Crippen molar-refractivity contribution >= 4 is 23.6 Å². The average molecular weight is 347 g/mol. The van der Waals surface area contributed by atoms with Gasteiger partial charge in [0.15, 0.2) is 6.61 Å². The van der Waals surface area contributed by atoms with Crippen LogP contribution < -0.4 is 9.64 Å². The Morgan fingerprint density at radius 3 is 2.52 bits per heavy atom. The maximum atomic E-state index is 12.6. The quantitative estimate of drug-likeness (QED) is 0.805. The molecule has 0 bridgehead atoms. The predicted octanol–water partition coefficient (Wildman–Crippen LogP) is 0.713. The number of hydrogen-bond donors (Lipinski definition) is 0. The standard InChI is InChI=1S/C17H21N3O5/c1-2-24-17(23)19-9-7-18(8-10-19)15(21)11-20-13-5-3-4-6-14(13)25-12-16(20)22/h3-6H,2,7-12H2,1H3. The third-order valence-corrected chi connectivity index (χ3v) is 4.26. The van der Waals surface area contributed by atoms with Crippen molar-refractivity contribution in [3.8, 4) is 5.75 Å². The van der Waals surface area contributed by atoms with Gasteiger partial charge in [-0.3, -0.25) is 14.5 Å². The van der Waals surface area contributed by atoms with Crippen LogP contribution in [-0.4, -0.2) is 73.6 Å². The Labute approximate surface area is 145 Å². The van der Waals surface area contributed by atoms with Crippen LogP contribution in [0.25, 0.3) is 0 Å². The van der Waals surface area contributed by atoms with Crippen molar-refractivity contribution in [3.63, 3.8) is 0 Å². The normalized spacial score (nSPS) is 17.0. The van der Waals surface area contributed by atoms with Crippen molar-refractivity contribution < 1.29 is 23.9 Å². The Morgan fingerprint density at radius 1 is 1.12 bits per heavy atom. The van der Waals surface area contributed by atoms with Crippen molar-refractivity contribution in [1.82, 2.24) is 9.80 Å². The fourth-order valence-electron chi connectivity index (χ4n) is 2.92. The Hall–Kier alpha value is -2.77. The van der Waals surface area contributed by atoms with E-state index in [1.54, 1.807) is 34.9 Å². The summed E-state index contributed by atoms with van der Waals surface area (Å²) in [5, 5.41) is 0. The van der Waals surface area contributed by atoms with Gasteiger partial charge in [-0.1, -0.05) is 12.1 Å². The molecule has 2 aliphatic heterocycles. The van der Waals surface area contributed by atoms with E-state index >= 15 is 0 Å². The van der Waals surface area contributed by atoms with E-state index in [1.807, 2.05) is 6.07 Å².